The summed E-state index contributed by atoms with van der Waals surface area (Å²) in [4.78, 5) is 36.8. The van der Waals surface area contributed by atoms with E-state index >= 15 is 0 Å². The number of aromatic nitrogens is 2. The molecule has 5 heterocycles. The number of halogens is 4. The van der Waals surface area contributed by atoms with E-state index in [9.17, 15) is 18.0 Å². The second-order valence-electron chi connectivity index (χ2n) is 13.8. The molecule has 8 rings (SSSR count). The molecule has 2 aromatic carbocycles. The minimum atomic E-state index is -4.56. The van der Waals surface area contributed by atoms with Crippen LogP contribution >= 0.6 is 11.6 Å². The zero-order valence-corrected chi connectivity index (χ0v) is 30.9. The van der Waals surface area contributed by atoms with Crippen LogP contribution in [0.3, 0.4) is 0 Å². The minimum Gasteiger partial charge on any atom is -0.338 e. The molecule has 2 bridgehead atoms. The van der Waals surface area contributed by atoms with Crippen molar-refractivity contribution in [3.05, 3.63) is 106 Å². The number of hydrogen-bond donors (Lipinski definition) is 2. The number of amidine groups is 1. The first-order valence-corrected chi connectivity index (χ1v) is 18.6. The highest BCUT2D eigenvalue weighted by Crippen LogP contribution is 2.41. The van der Waals surface area contributed by atoms with Gasteiger partial charge in [-0.25, -0.2) is 20.0 Å². The van der Waals surface area contributed by atoms with Gasteiger partial charge >= 0.3 is 6.18 Å². The molecule has 10 nitrogen and oxygen atoms in total. The number of piperidine rings is 1. The summed E-state index contributed by atoms with van der Waals surface area (Å²) in [6, 6.07) is 12.2. The Kier molecular flexibility index (Phi) is 10.8. The molecule has 2 N–H and O–H groups in total. The predicted octanol–water partition coefficient (Wildman–Crippen LogP) is 7.19. The summed E-state index contributed by atoms with van der Waals surface area (Å²) < 4.78 is 39.5. The molecule has 4 aliphatic heterocycles. The van der Waals surface area contributed by atoms with Crippen LogP contribution in [0.2, 0.25) is 5.02 Å². The molecule has 280 valence electrons. The predicted molar refractivity (Wildman–Crippen MR) is 205 cm³/mol. The maximum Gasteiger partial charge on any atom is 0.416 e. The van der Waals surface area contributed by atoms with Crippen molar-refractivity contribution < 1.29 is 18.0 Å². The molecule has 2 atom stereocenters. The van der Waals surface area contributed by atoms with Crippen molar-refractivity contribution in [2.24, 2.45) is 9.98 Å². The van der Waals surface area contributed by atoms with Crippen LogP contribution in [0.1, 0.15) is 74.6 Å². The van der Waals surface area contributed by atoms with E-state index in [4.69, 9.17) is 11.6 Å². The summed E-state index contributed by atoms with van der Waals surface area (Å²) in [5, 5.41) is 3.93. The summed E-state index contributed by atoms with van der Waals surface area (Å²) in [7, 11) is 0. The van der Waals surface area contributed by atoms with E-state index in [-0.39, 0.29) is 17.3 Å². The minimum absolute atomic E-state index is 0.0512. The molecule has 0 spiro atoms. The van der Waals surface area contributed by atoms with Crippen LogP contribution < -0.4 is 15.6 Å². The molecule has 3 saturated heterocycles. The Bertz CT molecular complexity index is 2050. The highest BCUT2D eigenvalue weighted by molar-refractivity contribution is 6.33. The Morgan fingerprint density at radius 2 is 1.70 bits per heavy atom. The number of hydrogen-bond acceptors (Lipinski definition) is 9. The number of allylic oxidation sites excluding steroid dienone is 2. The monoisotopic (exact) mass is 755 g/mol. The van der Waals surface area contributed by atoms with Crippen molar-refractivity contribution in [2.45, 2.75) is 76.7 Å². The Balaban J connectivity index is 1.03. The van der Waals surface area contributed by atoms with Gasteiger partial charge in [-0.3, -0.25) is 20.1 Å². The third kappa shape index (κ3) is 8.00. The molecular weight excluding hydrogens is 715 g/mol. The number of nitrogens with one attached hydrogen (secondary N) is 2. The zero-order valence-electron chi connectivity index (χ0n) is 30.1. The van der Waals surface area contributed by atoms with Crippen LogP contribution in [0.4, 0.5) is 24.8 Å². The molecule has 1 saturated carbocycles. The Morgan fingerprint density at radius 1 is 1.00 bits per heavy atom. The van der Waals surface area contributed by atoms with Gasteiger partial charge in [-0.05, 0) is 80.1 Å². The molecule has 4 fully saturated rings. The van der Waals surface area contributed by atoms with Gasteiger partial charge in [0.1, 0.15) is 12.9 Å². The van der Waals surface area contributed by atoms with E-state index in [0.29, 0.717) is 42.0 Å². The number of carbonyl (C=O) groups is 1. The van der Waals surface area contributed by atoms with Gasteiger partial charge in [0.25, 0.3) is 0 Å². The standard InChI is InChI=1S/C40H41ClF3N9O/c1-4-33-25(3)52(23-37(54)49-36-16-15-29(17-34(36)41)40(42,43)44)50-38(48-24-47-35(33)5-2)28-13-11-26(12-14-28)9-10-27-19-45-39(46-20-27)51-21-31-18-32(22-51)53(31)30-7-6-8-30/h11-17,19-20,24,30-32H,3-8,18,21-23H2,1-2H3,(H,49,54)(H,47,48,50)/b35-33-. The fourth-order valence-corrected chi connectivity index (χ4v) is 7.62. The number of piperazine rings is 1. The first-order valence-electron chi connectivity index (χ1n) is 18.2. The fourth-order valence-electron chi connectivity index (χ4n) is 7.39. The van der Waals surface area contributed by atoms with Crippen molar-refractivity contribution in [3.8, 4) is 11.8 Å². The largest absolute Gasteiger partial charge is 0.416 e. The number of carbonyl (C=O) groups excluding carboxylic acids is 1. The summed E-state index contributed by atoms with van der Waals surface area (Å²) in [5.41, 5.74) is 6.62. The SMILES string of the molecule is C=C1/C(CC)=C(/CC)N=CN=C(c2ccc(C#Cc3cnc(N4CC5CC(C4)N5C4CCC4)nc3)cc2)NN1CC(=O)Nc1ccc(C(F)(F)F)cc1Cl. The maximum atomic E-state index is 13.3. The molecular formula is C40H41ClF3N9O. The number of aliphatic imine (C=N–C) groups is 2. The number of benzene rings is 2. The first kappa shape index (κ1) is 37.1. The number of amides is 1. The summed E-state index contributed by atoms with van der Waals surface area (Å²) in [5.74, 6) is 6.95. The topological polar surface area (TPSA) is 101 Å². The molecule has 54 heavy (non-hydrogen) atoms. The highest BCUT2D eigenvalue weighted by atomic mass is 35.5. The third-order valence-electron chi connectivity index (χ3n) is 10.4. The molecule has 1 amide bonds. The average molecular weight is 756 g/mol. The van der Waals surface area contributed by atoms with Crippen LogP contribution in [0.5, 0.6) is 0 Å². The quantitative estimate of drug-likeness (QED) is 0.235. The molecule has 14 heteroatoms. The fraction of sp³-hybridized carbons (Fsp3) is 0.375. The number of fused-ring (bicyclic) bond motifs is 2. The second-order valence-corrected chi connectivity index (χ2v) is 14.2. The van der Waals surface area contributed by atoms with Crippen LogP contribution in [0.25, 0.3) is 0 Å². The van der Waals surface area contributed by atoms with Gasteiger partial charge in [-0.1, -0.05) is 50.3 Å². The second kappa shape index (κ2) is 15.7. The molecule has 1 aliphatic carbocycles. The van der Waals surface area contributed by atoms with Crippen LogP contribution in [-0.2, 0) is 11.0 Å². The Hall–Kier alpha value is -5.19. The molecule has 3 aromatic rings. The third-order valence-corrected chi connectivity index (χ3v) is 10.7. The van der Waals surface area contributed by atoms with Gasteiger partial charge in [0.15, 0.2) is 5.84 Å². The number of anilines is 2. The summed E-state index contributed by atoms with van der Waals surface area (Å²) >= 11 is 6.11. The van der Waals surface area contributed by atoms with Gasteiger partial charge in [-0.2, -0.15) is 13.2 Å². The average Bonchev–Trinajstić information content (AvgIpc) is 3.20. The van der Waals surface area contributed by atoms with E-state index in [0.717, 1.165) is 65.7 Å². The van der Waals surface area contributed by atoms with Gasteiger partial charge in [-0.15, -0.1) is 0 Å². The lowest BCUT2D eigenvalue weighted by Gasteiger charge is -2.61. The summed E-state index contributed by atoms with van der Waals surface area (Å²) in [6.45, 7) is 9.88. The van der Waals surface area contributed by atoms with Gasteiger partial charge in [0.05, 0.1) is 27.5 Å². The number of rotatable bonds is 8. The molecule has 5 aliphatic rings. The van der Waals surface area contributed by atoms with Crippen molar-refractivity contribution in [1.82, 2.24) is 25.3 Å². The van der Waals surface area contributed by atoms with Gasteiger partial charge < -0.3 is 10.2 Å². The Morgan fingerprint density at radius 3 is 2.31 bits per heavy atom. The lowest BCUT2D eigenvalue weighted by molar-refractivity contribution is -0.137. The van der Waals surface area contributed by atoms with E-state index in [1.165, 1.54) is 32.0 Å². The molecule has 0 radical (unpaired) electrons. The first-order chi connectivity index (χ1) is 26.0. The number of alkyl halides is 3. The van der Waals surface area contributed by atoms with Crippen LogP contribution in [-0.4, -0.2) is 75.7 Å². The molecule has 2 unspecified atom stereocenters. The smallest absolute Gasteiger partial charge is 0.338 e. The van der Waals surface area contributed by atoms with Crippen molar-refractivity contribution in [2.75, 3.05) is 29.9 Å². The van der Waals surface area contributed by atoms with E-state index in [1.807, 2.05) is 38.1 Å². The van der Waals surface area contributed by atoms with E-state index in [1.54, 1.807) is 17.4 Å². The van der Waals surface area contributed by atoms with Crippen LogP contribution in [0, 0.1) is 11.8 Å². The summed E-state index contributed by atoms with van der Waals surface area (Å²) in [6.07, 6.45) is 6.93. The number of hydrazine groups is 1. The van der Waals surface area contributed by atoms with Crippen LogP contribution in [0.15, 0.2) is 88.4 Å². The zero-order chi connectivity index (χ0) is 38.0. The lowest BCUT2D eigenvalue weighted by atomic mass is 9.79. The van der Waals surface area contributed by atoms with E-state index < -0.39 is 17.6 Å². The normalized spacial score (nSPS) is 21.7. The number of nitrogens with zero attached hydrogens (tertiary/aromatic N) is 7. The molecule has 1 aromatic heterocycles. The van der Waals surface area contributed by atoms with Gasteiger partial charge in [0.2, 0.25) is 11.9 Å². The van der Waals surface area contributed by atoms with Crippen molar-refractivity contribution >= 4 is 41.3 Å². The van der Waals surface area contributed by atoms with Gasteiger partial charge in [0, 0.05) is 60.4 Å². The van der Waals surface area contributed by atoms with Crippen molar-refractivity contribution in [1.29, 1.82) is 0 Å². The lowest BCUT2D eigenvalue weighted by Crippen LogP contribution is -2.72. The van der Waals surface area contributed by atoms with Crippen molar-refractivity contribution in [3.63, 3.8) is 0 Å². The van der Waals surface area contributed by atoms with E-state index in [2.05, 4.69) is 58.9 Å². The Labute approximate surface area is 317 Å². The maximum absolute atomic E-state index is 13.3. The highest BCUT2D eigenvalue weighted by Gasteiger charge is 2.49.